The highest BCUT2D eigenvalue weighted by atomic mass is 32.1. The second-order valence-electron chi connectivity index (χ2n) is 8.80. The molecule has 3 amide bonds. The molecule has 2 saturated heterocycles. The van der Waals surface area contributed by atoms with Crippen LogP contribution in [0.4, 0.5) is 16.2 Å². The van der Waals surface area contributed by atoms with E-state index in [1.807, 2.05) is 20.8 Å². The summed E-state index contributed by atoms with van der Waals surface area (Å²) >= 11 is 1.19. The molecule has 0 spiro atoms. The minimum atomic E-state index is -1.19. The Morgan fingerprint density at radius 3 is 2.58 bits per heavy atom. The van der Waals surface area contributed by atoms with Crippen LogP contribution < -0.4 is 15.5 Å². The number of benzene rings is 1. The van der Waals surface area contributed by atoms with Crippen molar-refractivity contribution in [1.82, 2.24) is 5.32 Å². The summed E-state index contributed by atoms with van der Waals surface area (Å²) in [7, 11) is 0. The Kier molecular flexibility index (Phi) is 5.91. The fourth-order valence-corrected chi connectivity index (χ4v) is 4.70. The largest absolute Gasteiger partial charge is 0.447 e. The number of ether oxygens (including phenoxy) is 2. The zero-order valence-electron chi connectivity index (χ0n) is 18.7. The number of anilines is 2. The molecule has 1 aromatic heterocycles. The fourth-order valence-electron chi connectivity index (χ4n) is 3.99. The van der Waals surface area contributed by atoms with Crippen molar-refractivity contribution in [1.29, 1.82) is 0 Å². The molecule has 172 valence electrons. The predicted molar refractivity (Wildman–Crippen MR) is 126 cm³/mol. The Hall–Kier alpha value is -3.35. The van der Waals surface area contributed by atoms with Crippen LogP contribution >= 0.6 is 11.3 Å². The summed E-state index contributed by atoms with van der Waals surface area (Å²) in [5, 5.41) is 5.74. The summed E-state index contributed by atoms with van der Waals surface area (Å²) in [6.07, 6.45) is 5.34. The van der Waals surface area contributed by atoms with E-state index < -0.39 is 17.2 Å². The molecule has 2 aliphatic rings. The molecule has 9 heteroatoms. The number of aryl methyl sites for hydroxylation is 1. The number of terminal acetylenes is 1. The summed E-state index contributed by atoms with van der Waals surface area (Å²) in [6.45, 7) is 6.46. The third-order valence-corrected chi connectivity index (χ3v) is 6.83. The Morgan fingerprint density at radius 1 is 1.21 bits per heavy atom. The van der Waals surface area contributed by atoms with Gasteiger partial charge in [0, 0.05) is 18.7 Å². The third kappa shape index (κ3) is 4.32. The number of nitrogens with zero attached hydrogens (tertiary/aromatic N) is 1. The van der Waals surface area contributed by atoms with E-state index >= 15 is 0 Å². The van der Waals surface area contributed by atoms with E-state index in [1.165, 1.54) is 11.3 Å². The van der Waals surface area contributed by atoms with Gasteiger partial charge in [-0.25, -0.2) is 4.79 Å². The molecule has 1 aromatic carbocycles. The molecule has 33 heavy (non-hydrogen) atoms. The van der Waals surface area contributed by atoms with Crippen LogP contribution in [-0.4, -0.2) is 48.8 Å². The monoisotopic (exact) mass is 467 g/mol. The summed E-state index contributed by atoms with van der Waals surface area (Å²) < 4.78 is 10.7. The van der Waals surface area contributed by atoms with E-state index in [1.54, 1.807) is 35.2 Å². The molecule has 1 atom stereocenters. The van der Waals surface area contributed by atoms with E-state index in [-0.39, 0.29) is 18.4 Å². The normalized spacial score (nSPS) is 21.4. The number of hydrogen-bond donors (Lipinski definition) is 2. The van der Waals surface area contributed by atoms with E-state index in [4.69, 9.17) is 15.9 Å². The zero-order chi connectivity index (χ0) is 23.8. The second kappa shape index (κ2) is 8.54. The van der Waals surface area contributed by atoms with Gasteiger partial charge in [0.1, 0.15) is 12.1 Å². The van der Waals surface area contributed by atoms with Gasteiger partial charge in [-0.2, -0.15) is 0 Å². The van der Waals surface area contributed by atoms with Crippen LogP contribution in [0.3, 0.4) is 0 Å². The maximum atomic E-state index is 13.3. The fraction of sp³-hybridized carbons (Fsp3) is 0.375. The van der Waals surface area contributed by atoms with Gasteiger partial charge in [0.05, 0.1) is 27.6 Å². The molecule has 0 bridgehead atoms. The minimum Gasteiger partial charge on any atom is -0.447 e. The van der Waals surface area contributed by atoms with E-state index in [2.05, 4.69) is 16.6 Å². The summed E-state index contributed by atoms with van der Waals surface area (Å²) in [5.41, 5.74) is 0.418. The molecule has 0 radical (unpaired) electrons. The van der Waals surface area contributed by atoms with Gasteiger partial charge in [-0.05, 0) is 56.7 Å². The lowest BCUT2D eigenvalue weighted by Gasteiger charge is -2.30. The van der Waals surface area contributed by atoms with Crippen LogP contribution in [0.15, 0.2) is 30.3 Å². The van der Waals surface area contributed by atoms with Crippen LogP contribution in [-0.2, 0) is 14.3 Å². The van der Waals surface area contributed by atoms with Gasteiger partial charge < -0.3 is 20.1 Å². The number of thiophene rings is 1. The maximum Gasteiger partial charge on any atom is 0.414 e. The van der Waals surface area contributed by atoms with Crippen molar-refractivity contribution in [2.45, 2.75) is 38.3 Å². The third-order valence-electron chi connectivity index (χ3n) is 5.81. The van der Waals surface area contributed by atoms with Crippen LogP contribution in [0, 0.1) is 19.3 Å². The molecule has 4 rings (SSSR count). The topological polar surface area (TPSA) is 97.0 Å². The van der Waals surface area contributed by atoms with Gasteiger partial charge in [0.2, 0.25) is 0 Å². The minimum absolute atomic E-state index is 0.0722. The first-order valence-electron chi connectivity index (χ1n) is 10.5. The lowest BCUT2D eigenvalue weighted by molar-refractivity contribution is -0.122. The van der Waals surface area contributed by atoms with Gasteiger partial charge >= 0.3 is 6.09 Å². The Balaban J connectivity index is 1.52. The molecular weight excluding hydrogens is 442 g/mol. The van der Waals surface area contributed by atoms with Crippen molar-refractivity contribution in [3.63, 3.8) is 0 Å². The van der Waals surface area contributed by atoms with Gasteiger partial charge in [-0.1, -0.05) is 5.92 Å². The molecule has 2 N–H and O–H groups in total. The van der Waals surface area contributed by atoms with Gasteiger partial charge in [0.25, 0.3) is 11.8 Å². The quantitative estimate of drug-likeness (QED) is 0.658. The summed E-state index contributed by atoms with van der Waals surface area (Å²) in [5.74, 6) is 1.76. The SMILES string of the molecule is C#Cc1ccc(C(=O)NC2(C(=O)Nc3ccc(N4C(=O)OCC4(C)C)c(C)c3)CCOC2)s1. The van der Waals surface area contributed by atoms with Gasteiger partial charge in [-0.15, -0.1) is 17.8 Å². The summed E-state index contributed by atoms with van der Waals surface area (Å²) in [4.78, 5) is 41.0. The van der Waals surface area contributed by atoms with Crippen molar-refractivity contribution in [2.75, 3.05) is 30.0 Å². The first kappa shape index (κ1) is 22.8. The number of carbonyl (C=O) groups excluding carboxylic acids is 3. The highest BCUT2D eigenvalue weighted by molar-refractivity contribution is 7.14. The van der Waals surface area contributed by atoms with E-state index in [0.717, 1.165) is 11.3 Å². The number of carbonyl (C=O) groups is 3. The molecule has 2 fully saturated rings. The lowest BCUT2D eigenvalue weighted by Crippen LogP contribution is -2.57. The Labute approximate surface area is 196 Å². The predicted octanol–water partition coefficient (Wildman–Crippen LogP) is 3.30. The molecule has 8 nitrogen and oxygen atoms in total. The highest BCUT2D eigenvalue weighted by Gasteiger charge is 2.44. The van der Waals surface area contributed by atoms with Crippen molar-refractivity contribution < 1.29 is 23.9 Å². The van der Waals surface area contributed by atoms with Crippen molar-refractivity contribution >= 4 is 40.6 Å². The number of rotatable bonds is 5. The number of nitrogens with one attached hydrogen (secondary N) is 2. The molecule has 1 unspecified atom stereocenters. The van der Waals surface area contributed by atoms with Crippen LogP contribution in [0.1, 0.15) is 40.4 Å². The van der Waals surface area contributed by atoms with E-state index in [0.29, 0.717) is 35.1 Å². The summed E-state index contributed by atoms with van der Waals surface area (Å²) in [6, 6.07) is 8.63. The first-order chi connectivity index (χ1) is 15.6. The van der Waals surface area contributed by atoms with Crippen LogP contribution in [0.25, 0.3) is 0 Å². The first-order valence-corrected chi connectivity index (χ1v) is 11.3. The van der Waals surface area contributed by atoms with Crippen LogP contribution in [0.5, 0.6) is 0 Å². The molecule has 0 saturated carbocycles. The molecule has 2 aliphatic heterocycles. The number of amides is 3. The Bertz CT molecular complexity index is 1160. The molecule has 0 aliphatic carbocycles. The smallest absolute Gasteiger partial charge is 0.414 e. The lowest BCUT2D eigenvalue weighted by atomic mass is 9.96. The van der Waals surface area contributed by atoms with Gasteiger partial charge in [0.15, 0.2) is 0 Å². The molecular formula is C24H25N3O5S. The zero-order valence-corrected chi connectivity index (χ0v) is 19.5. The van der Waals surface area contributed by atoms with Crippen LogP contribution in [0.2, 0.25) is 0 Å². The van der Waals surface area contributed by atoms with Crippen molar-refractivity contribution in [3.8, 4) is 12.3 Å². The number of hydrogen-bond acceptors (Lipinski definition) is 6. The molecule has 2 aromatic rings. The van der Waals surface area contributed by atoms with E-state index in [9.17, 15) is 14.4 Å². The Morgan fingerprint density at radius 2 is 2.00 bits per heavy atom. The maximum absolute atomic E-state index is 13.3. The highest BCUT2D eigenvalue weighted by Crippen LogP contribution is 2.34. The average Bonchev–Trinajstić information content (AvgIpc) is 3.49. The van der Waals surface area contributed by atoms with Crippen molar-refractivity contribution in [3.05, 3.63) is 45.6 Å². The average molecular weight is 468 g/mol. The molecule has 3 heterocycles. The number of cyclic esters (lactones) is 1. The standard InChI is InChI=1S/C24H25N3O5S/c1-5-17-7-9-19(33-17)20(28)26-24(10-11-31-14-24)21(29)25-16-6-8-18(15(2)12-16)27-22(30)32-13-23(27,3)4/h1,6-9,12H,10-11,13-14H2,2-4H3,(H,25,29)(H,26,28). The second-order valence-corrected chi connectivity index (χ2v) is 9.89. The van der Waals surface area contributed by atoms with Crippen molar-refractivity contribution in [2.24, 2.45) is 0 Å². The van der Waals surface area contributed by atoms with Gasteiger partial charge in [-0.3, -0.25) is 14.5 Å².